The summed E-state index contributed by atoms with van der Waals surface area (Å²) in [5.74, 6) is -2.12. The van der Waals surface area contributed by atoms with Crippen molar-refractivity contribution in [1.29, 1.82) is 0 Å². The molecular formula is C13H14O4. The van der Waals surface area contributed by atoms with Crippen molar-refractivity contribution >= 4 is 11.9 Å². The van der Waals surface area contributed by atoms with Gasteiger partial charge in [-0.05, 0) is 12.5 Å². The molecule has 17 heavy (non-hydrogen) atoms. The van der Waals surface area contributed by atoms with E-state index in [0.29, 0.717) is 5.56 Å². The van der Waals surface area contributed by atoms with Gasteiger partial charge in [-0.3, -0.25) is 9.59 Å². The van der Waals surface area contributed by atoms with Crippen molar-refractivity contribution in [2.45, 2.75) is 12.3 Å². The molecule has 1 aromatic carbocycles. The average molecular weight is 234 g/mol. The molecule has 4 nitrogen and oxygen atoms in total. The van der Waals surface area contributed by atoms with E-state index in [-0.39, 0.29) is 6.61 Å². The normalized spacial score (nSPS) is 13.5. The molecule has 1 aromatic rings. The van der Waals surface area contributed by atoms with Gasteiger partial charge in [0.05, 0.1) is 6.61 Å². The van der Waals surface area contributed by atoms with Crippen molar-refractivity contribution in [3.8, 4) is 0 Å². The number of carbonyl (C=O) groups is 2. The molecule has 0 saturated heterocycles. The van der Waals surface area contributed by atoms with Crippen molar-refractivity contribution in [3.05, 3.63) is 48.6 Å². The number of rotatable bonds is 5. The summed E-state index contributed by atoms with van der Waals surface area (Å²) in [5.41, 5.74) is -1.50. The van der Waals surface area contributed by atoms with E-state index in [2.05, 4.69) is 6.58 Å². The Kier molecular flexibility index (Phi) is 4.04. The Morgan fingerprint density at radius 1 is 1.41 bits per heavy atom. The minimum absolute atomic E-state index is 0.120. The van der Waals surface area contributed by atoms with Gasteiger partial charge >= 0.3 is 11.9 Å². The van der Waals surface area contributed by atoms with E-state index in [1.807, 2.05) is 0 Å². The molecule has 0 aromatic heterocycles. The van der Waals surface area contributed by atoms with Crippen LogP contribution in [0.15, 0.2) is 43.0 Å². The monoisotopic (exact) mass is 234 g/mol. The first-order chi connectivity index (χ1) is 8.09. The minimum atomic E-state index is -1.84. The quantitative estimate of drug-likeness (QED) is 0.479. The maximum absolute atomic E-state index is 11.9. The average Bonchev–Trinajstić information content (AvgIpc) is 2.32. The molecule has 0 heterocycles. The molecule has 0 fully saturated rings. The van der Waals surface area contributed by atoms with Crippen molar-refractivity contribution in [3.63, 3.8) is 0 Å². The highest BCUT2D eigenvalue weighted by Gasteiger charge is 2.46. The first-order valence-electron chi connectivity index (χ1n) is 5.19. The molecule has 90 valence electrons. The molecular weight excluding hydrogens is 220 g/mol. The van der Waals surface area contributed by atoms with Crippen LogP contribution in [0, 0.1) is 0 Å². The molecule has 0 saturated carbocycles. The van der Waals surface area contributed by atoms with E-state index in [0.717, 1.165) is 6.08 Å². The lowest BCUT2D eigenvalue weighted by atomic mass is 9.80. The van der Waals surface area contributed by atoms with Crippen molar-refractivity contribution in [2.75, 3.05) is 6.61 Å². The van der Waals surface area contributed by atoms with E-state index < -0.39 is 17.4 Å². The van der Waals surface area contributed by atoms with Crippen LogP contribution in [-0.4, -0.2) is 23.7 Å². The second kappa shape index (κ2) is 5.30. The second-order valence-corrected chi connectivity index (χ2v) is 3.40. The Morgan fingerprint density at radius 3 is 2.41 bits per heavy atom. The van der Waals surface area contributed by atoms with E-state index in [4.69, 9.17) is 4.74 Å². The SMILES string of the molecule is C=CC(C(=O)O)(C(=O)OCC)c1ccccc1. The fourth-order valence-corrected chi connectivity index (χ4v) is 1.56. The highest BCUT2D eigenvalue weighted by atomic mass is 16.5. The van der Waals surface area contributed by atoms with Gasteiger partial charge in [0, 0.05) is 0 Å². The fraction of sp³-hybridized carbons (Fsp3) is 0.231. The smallest absolute Gasteiger partial charge is 0.332 e. The van der Waals surface area contributed by atoms with Gasteiger partial charge in [0.25, 0.3) is 0 Å². The number of hydrogen-bond donors (Lipinski definition) is 1. The molecule has 0 spiro atoms. The van der Waals surface area contributed by atoms with Crippen molar-refractivity contribution in [1.82, 2.24) is 0 Å². The van der Waals surface area contributed by atoms with Crippen LogP contribution in [0.5, 0.6) is 0 Å². The van der Waals surface area contributed by atoms with Crippen LogP contribution < -0.4 is 0 Å². The summed E-state index contributed by atoms with van der Waals surface area (Å²) in [5, 5.41) is 9.30. The number of carboxylic acids is 1. The molecule has 1 N–H and O–H groups in total. The molecule has 0 aliphatic heterocycles. The zero-order valence-corrected chi connectivity index (χ0v) is 9.55. The van der Waals surface area contributed by atoms with Crippen LogP contribution in [0.3, 0.4) is 0 Å². The lowest BCUT2D eigenvalue weighted by Crippen LogP contribution is -2.43. The number of hydrogen-bond acceptors (Lipinski definition) is 3. The molecule has 0 bridgehead atoms. The zero-order chi connectivity index (χ0) is 12.9. The summed E-state index contributed by atoms with van der Waals surface area (Å²) >= 11 is 0. The topological polar surface area (TPSA) is 63.6 Å². The molecule has 0 radical (unpaired) electrons. The number of esters is 1. The Labute approximate surface area is 99.5 Å². The third-order valence-corrected chi connectivity index (χ3v) is 2.47. The third-order valence-electron chi connectivity index (χ3n) is 2.47. The summed E-state index contributed by atoms with van der Waals surface area (Å²) < 4.78 is 4.82. The first-order valence-corrected chi connectivity index (χ1v) is 5.19. The summed E-state index contributed by atoms with van der Waals surface area (Å²) in [6, 6.07) is 8.19. The standard InChI is InChI=1S/C13H14O4/c1-3-13(11(14)15,12(16)17-4-2)10-8-6-5-7-9-10/h3,5-9H,1,4H2,2H3,(H,14,15). The highest BCUT2D eigenvalue weighted by molar-refractivity contribution is 6.07. The summed E-state index contributed by atoms with van der Waals surface area (Å²) in [4.78, 5) is 23.3. The number of benzene rings is 1. The predicted molar refractivity (Wildman–Crippen MR) is 62.6 cm³/mol. The number of ether oxygens (including phenoxy) is 1. The van der Waals surface area contributed by atoms with Crippen LogP contribution in [-0.2, 0) is 19.7 Å². The first kappa shape index (κ1) is 13.0. The van der Waals surface area contributed by atoms with Gasteiger partial charge in [0.2, 0.25) is 5.41 Å². The van der Waals surface area contributed by atoms with Gasteiger partial charge in [-0.15, -0.1) is 6.58 Å². The maximum Gasteiger partial charge on any atom is 0.332 e. The van der Waals surface area contributed by atoms with Gasteiger partial charge in [-0.25, -0.2) is 0 Å². The molecule has 0 amide bonds. The van der Waals surface area contributed by atoms with Crippen LogP contribution in [0.1, 0.15) is 12.5 Å². The third kappa shape index (κ3) is 2.20. The minimum Gasteiger partial charge on any atom is -0.480 e. The largest absolute Gasteiger partial charge is 0.480 e. The lowest BCUT2D eigenvalue weighted by molar-refractivity contribution is -0.158. The fourth-order valence-electron chi connectivity index (χ4n) is 1.56. The van der Waals surface area contributed by atoms with E-state index in [1.54, 1.807) is 37.3 Å². The van der Waals surface area contributed by atoms with Gasteiger partial charge in [-0.2, -0.15) is 0 Å². The maximum atomic E-state index is 11.9. The Bertz CT molecular complexity index is 424. The number of aliphatic carboxylic acids is 1. The van der Waals surface area contributed by atoms with Crippen LogP contribution in [0.2, 0.25) is 0 Å². The van der Waals surface area contributed by atoms with E-state index in [9.17, 15) is 14.7 Å². The van der Waals surface area contributed by atoms with E-state index >= 15 is 0 Å². The van der Waals surface area contributed by atoms with Crippen LogP contribution >= 0.6 is 0 Å². The summed E-state index contributed by atoms with van der Waals surface area (Å²) in [7, 11) is 0. The van der Waals surface area contributed by atoms with Crippen molar-refractivity contribution < 1.29 is 19.4 Å². The summed E-state index contributed by atoms with van der Waals surface area (Å²) in [6.07, 6.45) is 1.10. The van der Waals surface area contributed by atoms with Gasteiger partial charge in [0.15, 0.2) is 0 Å². The predicted octanol–water partition coefficient (Wildman–Crippen LogP) is 1.76. The Hall–Kier alpha value is -2.10. The zero-order valence-electron chi connectivity index (χ0n) is 9.55. The molecule has 1 atom stereocenters. The number of carbonyl (C=O) groups excluding carboxylic acids is 1. The molecule has 4 heteroatoms. The second-order valence-electron chi connectivity index (χ2n) is 3.40. The number of carboxylic acid groups (broad SMARTS) is 1. The molecule has 0 aliphatic carbocycles. The Morgan fingerprint density at radius 2 is 2.00 bits per heavy atom. The van der Waals surface area contributed by atoms with Gasteiger partial charge < -0.3 is 9.84 Å². The van der Waals surface area contributed by atoms with E-state index in [1.165, 1.54) is 0 Å². The van der Waals surface area contributed by atoms with Crippen LogP contribution in [0.25, 0.3) is 0 Å². The summed E-state index contributed by atoms with van der Waals surface area (Å²) in [6.45, 7) is 5.20. The lowest BCUT2D eigenvalue weighted by Gasteiger charge is -2.23. The van der Waals surface area contributed by atoms with Gasteiger partial charge in [0.1, 0.15) is 0 Å². The molecule has 1 rings (SSSR count). The molecule has 0 aliphatic rings. The highest BCUT2D eigenvalue weighted by Crippen LogP contribution is 2.27. The van der Waals surface area contributed by atoms with Crippen molar-refractivity contribution in [2.24, 2.45) is 0 Å². The molecule has 1 unspecified atom stereocenters. The van der Waals surface area contributed by atoms with Crippen LogP contribution in [0.4, 0.5) is 0 Å². The Balaban J connectivity index is 3.33. The van der Waals surface area contributed by atoms with Gasteiger partial charge in [-0.1, -0.05) is 36.4 Å².